The van der Waals surface area contributed by atoms with Crippen molar-refractivity contribution in [3.05, 3.63) is 148 Å². The highest BCUT2D eigenvalue weighted by atomic mass is 35.5. The van der Waals surface area contributed by atoms with Gasteiger partial charge in [0, 0.05) is 89.8 Å². The van der Waals surface area contributed by atoms with Gasteiger partial charge in [-0.05, 0) is 159 Å². The maximum Gasteiger partial charge on any atom is 0.410 e. The van der Waals surface area contributed by atoms with E-state index in [4.69, 9.17) is 84.3 Å². The van der Waals surface area contributed by atoms with Gasteiger partial charge in [-0.1, -0.05) is 0 Å². The van der Waals surface area contributed by atoms with E-state index in [2.05, 4.69) is 70.4 Å². The van der Waals surface area contributed by atoms with Crippen molar-refractivity contribution in [3.63, 3.8) is 0 Å². The molecule has 584 valence electrons. The first kappa shape index (κ1) is 85.0. The van der Waals surface area contributed by atoms with Crippen LogP contribution < -0.4 is 48.9 Å². The number of benzene rings is 3. The van der Waals surface area contributed by atoms with E-state index >= 15 is 0 Å². The summed E-state index contributed by atoms with van der Waals surface area (Å²) in [7, 11) is 4.80. The van der Waals surface area contributed by atoms with Crippen molar-refractivity contribution < 1.29 is 57.1 Å². The topological polar surface area (TPSA) is 334 Å². The van der Waals surface area contributed by atoms with Gasteiger partial charge in [-0.2, -0.15) is 15.0 Å². The Balaban J connectivity index is 0.000000201. The molecular weight excluding hydrogens is 1500 g/mol. The molecule has 0 unspecified atom stereocenters. The van der Waals surface area contributed by atoms with E-state index in [-0.39, 0.29) is 65.0 Å². The largest absolute Gasteiger partial charge is 0.497 e. The molecule has 2 N–H and O–H groups in total. The third-order valence-corrected chi connectivity index (χ3v) is 16.3. The van der Waals surface area contributed by atoms with Gasteiger partial charge in [0.05, 0.1) is 79.4 Å². The van der Waals surface area contributed by atoms with Crippen LogP contribution >= 0.6 is 46.4 Å². The van der Waals surface area contributed by atoms with Gasteiger partial charge in [-0.25, -0.2) is 54.4 Å². The number of rotatable bonds is 21. The number of hydrogen-bond donors (Lipinski definition) is 2. The summed E-state index contributed by atoms with van der Waals surface area (Å²) in [5.74, 6) is 5.46. The zero-order valence-corrected chi connectivity index (χ0v) is 66.1. The molecule has 9 aromatic rings. The lowest BCUT2D eigenvalue weighted by Gasteiger charge is -2.32. The highest BCUT2D eigenvalue weighted by Gasteiger charge is 2.36. The molecule has 3 aliphatic heterocycles. The van der Waals surface area contributed by atoms with Crippen molar-refractivity contribution in [2.24, 2.45) is 0 Å². The molecule has 3 atom stereocenters. The number of hydrogen-bond acceptors (Lipinski definition) is 26. The summed E-state index contributed by atoms with van der Waals surface area (Å²) >= 11 is 19.1. The van der Waals surface area contributed by atoms with Crippen molar-refractivity contribution in [1.29, 1.82) is 0 Å². The van der Waals surface area contributed by atoms with E-state index in [1.165, 1.54) is 37.7 Å². The van der Waals surface area contributed by atoms with Crippen molar-refractivity contribution in [2.45, 2.75) is 123 Å². The third kappa shape index (κ3) is 26.0. The number of aromatic nitrogens is 12. The Kier molecular flexibility index (Phi) is 32.7. The number of likely N-dealkylation sites (tertiary alicyclic amines) is 2. The molecule has 3 fully saturated rings. The molecule has 110 heavy (non-hydrogen) atoms. The highest BCUT2D eigenvalue weighted by Crippen LogP contribution is 2.37. The van der Waals surface area contributed by atoms with Gasteiger partial charge < -0.3 is 68.1 Å². The Hall–Kier alpha value is -10.7. The lowest BCUT2D eigenvalue weighted by molar-refractivity contribution is -0.117. The number of methoxy groups -OCH3 is 3. The standard InChI is InChI=1S/C27H32N6O5.C25H30N6O4.C22H24N6O3.2CH2Cl2/c1-18(34)33(16-20-7-6-12-32(20)26(35)38-27(2,3)4)23-15-30-24(19-13-28-17-29-14-19)31-25(23)37-22-10-8-21(36-5)9-11-22;1-25(2,3)35-24(32)31-11-5-6-18(31)14-28-21-15-29-22(17-12-26-16-27-13-17)30-23(21)34-20-9-7-19(33-4)8-10-20;1-15(29)28(13-17-4-3-9-25-17)20-12-26-21(16-10-23-14-24-11-16)27-22(20)31-19-7-5-18(30-2)6-8-19;2*2-1-3/h8-11,13-15,17,20H,6-7,12,16H2,1-5H3;7-10,12-13,15-16,18,28H,5-6,11,14H2,1-4H3;5-8,10-12,14,17,25H,3-4,9,13H2,1-2H3;2*1H2/t20-;18-;17-;;/m000../s1. The highest BCUT2D eigenvalue weighted by molar-refractivity contribution is 6.41. The number of anilines is 3. The minimum absolute atomic E-state index is 0.0131. The molecule has 3 aromatic carbocycles. The summed E-state index contributed by atoms with van der Waals surface area (Å²) in [4.78, 5) is 109. The number of nitrogens with one attached hydrogen (secondary N) is 2. The summed E-state index contributed by atoms with van der Waals surface area (Å²) < 4.78 is 45.2. The summed E-state index contributed by atoms with van der Waals surface area (Å²) in [6, 6.07) is 21.4. The number of halogens is 4. The zero-order valence-electron chi connectivity index (χ0n) is 63.1. The Morgan fingerprint density at radius 1 is 0.473 bits per heavy atom. The van der Waals surface area contributed by atoms with E-state index in [1.807, 2.05) is 53.7 Å². The SMILES string of the molecule is COc1ccc(Oc2nc(-c3cncnc3)ncc2N(C[C@@H]2CCCN2)C(C)=O)cc1.COc1ccc(Oc2nc(-c3cncnc3)ncc2N(C[C@@H]2CCCN2C(=O)OC(C)(C)C)C(C)=O)cc1.COc1ccc(Oc2nc(-c3cncnc3)ncc2NC[C@@H]2CCCN2C(=O)OC(C)(C)C)cc1.ClCCl.ClCCl. The zero-order chi connectivity index (χ0) is 79.2. The minimum atomic E-state index is -0.616. The first-order valence-electron chi connectivity index (χ1n) is 35.0. The molecule has 3 aliphatic rings. The average Bonchev–Trinajstić information content (AvgIpc) is 1.13. The molecule has 0 saturated carbocycles. The Labute approximate surface area is 659 Å². The predicted molar refractivity (Wildman–Crippen MR) is 419 cm³/mol. The second-order valence-corrected chi connectivity index (χ2v) is 28.1. The van der Waals surface area contributed by atoms with E-state index in [9.17, 15) is 19.2 Å². The molecule has 4 amide bonds. The van der Waals surface area contributed by atoms with E-state index < -0.39 is 17.3 Å². The molecular formula is C76H90Cl4N18O12. The van der Waals surface area contributed by atoms with E-state index in [0.717, 1.165) is 56.6 Å². The Morgan fingerprint density at radius 3 is 1.18 bits per heavy atom. The molecule has 9 heterocycles. The van der Waals surface area contributed by atoms with Crippen molar-refractivity contribution >= 4 is 87.5 Å². The summed E-state index contributed by atoms with van der Waals surface area (Å²) in [6.07, 6.45) is 23.6. The van der Waals surface area contributed by atoms with Crippen LogP contribution in [-0.2, 0) is 19.1 Å². The van der Waals surface area contributed by atoms with Gasteiger partial charge >= 0.3 is 12.2 Å². The van der Waals surface area contributed by atoms with Crippen LogP contribution in [-0.4, -0.2) is 194 Å². The van der Waals surface area contributed by atoms with Crippen LogP contribution in [0, 0.1) is 0 Å². The minimum Gasteiger partial charge on any atom is -0.497 e. The first-order chi connectivity index (χ1) is 52.9. The number of carbonyl (C=O) groups excluding carboxylic acids is 4. The second kappa shape index (κ2) is 42.3. The molecule has 0 spiro atoms. The normalized spacial score (nSPS) is 14.9. The summed E-state index contributed by atoms with van der Waals surface area (Å²) in [6.45, 7) is 17.5. The van der Waals surface area contributed by atoms with Crippen LogP contribution in [0.5, 0.6) is 52.1 Å². The van der Waals surface area contributed by atoms with Crippen molar-refractivity contribution in [1.82, 2.24) is 74.9 Å². The Bertz CT molecular complexity index is 4350. The fourth-order valence-corrected chi connectivity index (χ4v) is 11.3. The molecule has 34 heteroatoms. The van der Waals surface area contributed by atoms with Crippen LogP contribution in [0.25, 0.3) is 34.2 Å². The molecule has 0 radical (unpaired) electrons. The number of ether oxygens (including phenoxy) is 8. The number of amides is 4. The predicted octanol–water partition coefficient (Wildman–Crippen LogP) is 14.7. The molecule has 6 aromatic heterocycles. The molecule has 12 rings (SSSR count). The Morgan fingerprint density at radius 2 is 0.818 bits per heavy atom. The lowest BCUT2D eigenvalue weighted by Crippen LogP contribution is -2.46. The summed E-state index contributed by atoms with van der Waals surface area (Å²) in [5.41, 5.74) is 2.27. The first-order valence-corrected chi connectivity index (χ1v) is 37.2. The number of alkyl halides is 4. The van der Waals surface area contributed by atoms with Crippen LogP contribution in [0.2, 0.25) is 0 Å². The molecule has 0 aliphatic carbocycles. The van der Waals surface area contributed by atoms with Crippen LogP contribution in [0.3, 0.4) is 0 Å². The fraction of sp³-hybridized carbons (Fsp3) is 0.395. The summed E-state index contributed by atoms with van der Waals surface area (Å²) in [5, 5.41) is 7.18. The van der Waals surface area contributed by atoms with Crippen LogP contribution in [0.15, 0.2) is 148 Å². The monoisotopic (exact) mass is 1590 g/mol. The van der Waals surface area contributed by atoms with Gasteiger partial charge in [0.1, 0.15) is 81.7 Å². The maximum absolute atomic E-state index is 12.9. The maximum atomic E-state index is 12.9. The number of nitrogens with zero attached hydrogens (tertiary/aromatic N) is 16. The molecule has 30 nitrogen and oxygen atoms in total. The van der Waals surface area contributed by atoms with Crippen molar-refractivity contribution in [2.75, 3.05) is 86.4 Å². The lowest BCUT2D eigenvalue weighted by atomic mass is 10.2. The smallest absolute Gasteiger partial charge is 0.410 e. The van der Waals surface area contributed by atoms with Gasteiger partial charge in [0.2, 0.25) is 29.5 Å². The third-order valence-electron chi connectivity index (χ3n) is 16.3. The van der Waals surface area contributed by atoms with Crippen LogP contribution in [0.1, 0.15) is 93.9 Å². The quantitative estimate of drug-likeness (QED) is 0.0631. The van der Waals surface area contributed by atoms with Crippen LogP contribution in [0.4, 0.5) is 26.7 Å². The van der Waals surface area contributed by atoms with Gasteiger partial charge in [0.15, 0.2) is 17.5 Å². The average molecular weight is 1590 g/mol. The van der Waals surface area contributed by atoms with Gasteiger partial charge in [0.25, 0.3) is 0 Å². The van der Waals surface area contributed by atoms with E-state index in [0.29, 0.717) is 106 Å². The fourth-order valence-electron chi connectivity index (χ4n) is 11.3. The van der Waals surface area contributed by atoms with E-state index in [1.54, 1.807) is 152 Å². The molecule has 0 bridgehead atoms. The van der Waals surface area contributed by atoms with Gasteiger partial charge in [-0.15, -0.1) is 46.4 Å². The second-order valence-electron chi connectivity index (χ2n) is 26.5. The molecule has 3 saturated heterocycles. The van der Waals surface area contributed by atoms with Gasteiger partial charge in [-0.3, -0.25) is 9.59 Å². The van der Waals surface area contributed by atoms with Crippen molar-refractivity contribution in [3.8, 4) is 86.3 Å². The number of carbonyl (C=O) groups is 4.